The maximum Gasteiger partial charge on any atom is 0.169 e. The molecule has 0 aliphatic rings. The summed E-state index contributed by atoms with van der Waals surface area (Å²) in [6, 6.07) is 8.46. The second kappa shape index (κ2) is 5.01. The highest BCUT2D eigenvalue weighted by Gasteiger charge is 2.06. The van der Waals surface area contributed by atoms with Gasteiger partial charge >= 0.3 is 0 Å². The minimum Gasteiger partial charge on any atom is -0.452 e. The van der Waals surface area contributed by atoms with E-state index in [1.54, 1.807) is 18.2 Å². The molecule has 0 saturated carbocycles. The molecule has 0 bridgehead atoms. The molecule has 2 nitrogen and oxygen atoms in total. The fourth-order valence-corrected chi connectivity index (χ4v) is 2.11. The van der Waals surface area contributed by atoms with Gasteiger partial charge in [0.2, 0.25) is 0 Å². The first-order valence-electron chi connectivity index (χ1n) is 4.59. The number of hydrogen-bond donors (Lipinski definition) is 1. The molecule has 0 unspecified atom stereocenters. The molecular formula is C11H8Br2FNO. The highest BCUT2D eigenvalue weighted by molar-refractivity contribution is 9.10. The number of anilines is 1. The standard InChI is InChI=1S/C11H8Br2FNO/c12-8-2-1-3-9(14)11(8)15-6-7-4-5-10(13)16-7/h1-5,15H,6H2. The Morgan fingerprint density at radius 2 is 2.00 bits per heavy atom. The molecule has 1 aromatic heterocycles. The first-order chi connectivity index (χ1) is 7.66. The molecule has 1 heterocycles. The molecule has 5 heteroatoms. The van der Waals surface area contributed by atoms with Gasteiger partial charge in [0.05, 0.1) is 12.2 Å². The lowest BCUT2D eigenvalue weighted by molar-refractivity contribution is 0.495. The molecule has 0 amide bonds. The van der Waals surface area contributed by atoms with Gasteiger partial charge in [-0.2, -0.15) is 0 Å². The molecule has 0 radical (unpaired) electrons. The fraction of sp³-hybridized carbons (Fsp3) is 0.0909. The number of para-hydroxylation sites is 1. The van der Waals surface area contributed by atoms with Crippen LogP contribution in [-0.4, -0.2) is 0 Å². The Balaban J connectivity index is 2.10. The van der Waals surface area contributed by atoms with E-state index in [0.717, 1.165) is 5.76 Å². The van der Waals surface area contributed by atoms with Crippen LogP contribution in [0.5, 0.6) is 0 Å². The zero-order valence-electron chi connectivity index (χ0n) is 8.14. The van der Waals surface area contributed by atoms with E-state index in [1.165, 1.54) is 6.07 Å². The molecule has 0 aliphatic heterocycles. The molecule has 0 spiro atoms. The van der Waals surface area contributed by atoms with Crippen molar-refractivity contribution in [2.45, 2.75) is 6.54 Å². The number of furan rings is 1. The first-order valence-corrected chi connectivity index (χ1v) is 6.17. The lowest BCUT2D eigenvalue weighted by Crippen LogP contribution is -2.01. The molecule has 2 aromatic rings. The number of halogens is 3. The van der Waals surface area contributed by atoms with Crippen LogP contribution in [0.3, 0.4) is 0 Å². The van der Waals surface area contributed by atoms with Crippen LogP contribution < -0.4 is 5.32 Å². The van der Waals surface area contributed by atoms with Gasteiger partial charge < -0.3 is 9.73 Å². The van der Waals surface area contributed by atoms with E-state index in [2.05, 4.69) is 37.2 Å². The second-order valence-corrected chi connectivity index (χ2v) is 4.79. The Hall–Kier alpha value is -0.810. The zero-order valence-corrected chi connectivity index (χ0v) is 11.3. The van der Waals surface area contributed by atoms with Crippen LogP contribution in [0, 0.1) is 5.82 Å². The maximum absolute atomic E-state index is 13.4. The number of hydrogen-bond acceptors (Lipinski definition) is 2. The first kappa shape index (κ1) is 11.7. The molecule has 84 valence electrons. The zero-order chi connectivity index (χ0) is 11.5. The van der Waals surface area contributed by atoms with Crippen LogP contribution in [-0.2, 0) is 6.54 Å². The van der Waals surface area contributed by atoms with Gasteiger partial charge in [-0.3, -0.25) is 0 Å². The SMILES string of the molecule is Fc1cccc(Br)c1NCc1ccc(Br)o1. The summed E-state index contributed by atoms with van der Waals surface area (Å²) in [5.41, 5.74) is 0.440. The Morgan fingerprint density at radius 3 is 2.62 bits per heavy atom. The summed E-state index contributed by atoms with van der Waals surface area (Å²) in [4.78, 5) is 0. The van der Waals surface area contributed by atoms with Gasteiger partial charge in [0.15, 0.2) is 4.67 Å². The summed E-state index contributed by atoms with van der Waals surface area (Å²) in [6.45, 7) is 0.436. The number of rotatable bonds is 3. The van der Waals surface area contributed by atoms with Crippen molar-refractivity contribution in [1.82, 2.24) is 0 Å². The maximum atomic E-state index is 13.4. The van der Waals surface area contributed by atoms with Crippen LogP contribution in [0.2, 0.25) is 0 Å². The van der Waals surface area contributed by atoms with Crippen LogP contribution in [0.25, 0.3) is 0 Å². The van der Waals surface area contributed by atoms with E-state index >= 15 is 0 Å². The van der Waals surface area contributed by atoms with Crippen LogP contribution in [0.1, 0.15) is 5.76 Å². The monoisotopic (exact) mass is 347 g/mol. The smallest absolute Gasteiger partial charge is 0.169 e. The fourth-order valence-electron chi connectivity index (χ4n) is 1.29. The summed E-state index contributed by atoms with van der Waals surface area (Å²) < 4.78 is 20.1. The topological polar surface area (TPSA) is 25.2 Å². The molecule has 1 aromatic carbocycles. The third-order valence-electron chi connectivity index (χ3n) is 2.03. The van der Waals surface area contributed by atoms with Crippen molar-refractivity contribution in [3.8, 4) is 0 Å². The molecule has 0 atom stereocenters. The Morgan fingerprint density at radius 1 is 1.19 bits per heavy atom. The molecular weight excluding hydrogens is 341 g/mol. The van der Waals surface area contributed by atoms with Gasteiger partial charge in [0.1, 0.15) is 11.6 Å². The van der Waals surface area contributed by atoms with Crippen molar-refractivity contribution in [3.05, 3.63) is 51.1 Å². The van der Waals surface area contributed by atoms with Gasteiger partial charge in [-0.05, 0) is 56.1 Å². The summed E-state index contributed by atoms with van der Waals surface area (Å²) in [6.07, 6.45) is 0. The summed E-state index contributed by atoms with van der Waals surface area (Å²) in [5.74, 6) is 0.446. The van der Waals surface area contributed by atoms with Crippen LogP contribution >= 0.6 is 31.9 Å². The predicted molar refractivity (Wildman–Crippen MR) is 67.8 cm³/mol. The quantitative estimate of drug-likeness (QED) is 0.879. The van der Waals surface area contributed by atoms with Crippen molar-refractivity contribution in [1.29, 1.82) is 0 Å². The van der Waals surface area contributed by atoms with E-state index in [0.29, 0.717) is 21.4 Å². The molecule has 0 aliphatic carbocycles. The average Bonchev–Trinajstić information content (AvgIpc) is 2.63. The normalized spacial score (nSPS) is 10.4. The summed E-state index contributed by atoms with van der Waals surface area (Å²) in [5, 5.41) is 2.97. The predicted octanol–water partition coefficient (Wildman–Crippen LogP) is 4.56. The Labute approximate surface area is 109 Å². The van der Waals surface area contributed by atoms with Crippen molar-refractivity contribution in [3.63, 3.8) is 0 Å². The van der Waals surface area contributed by atoms with E-state index in [9.17, 15) is 4.39 Å². The third-order valence-corrected chi connectivity index (χ3v) is 3.12. The molecule has 0 fully saturated rings. The van der Waals surface area contributed by atoms with Crippen molar-refractivity contribution < 1.29 is 8.81 Å². The lowest BCUT2D eigenvalue weighted by atomic mass is 10.3. The molecule has 16 heavy (non-hydrogen) atoms. The molecule has 0 saturated heterocycles. The lowest BCUT2D eigenvalue weighted by Gasteiger charge is -2.07. The van der Waals surface area contributed by atoms with Gasteiger partial charge in [-0.25, -0.2) is 4.39 Å². The largest absolute Gasteiger partial charge is 0.452 e. The van der Waals surface area contributed by atoms with E-state index in [1.807, 2.05) is 6.07 Å². The number of benzene rings is 1. The van der Waals surface area contributed by atoms with Crippen LogP contribution in [0.4, 0.5) is 10.1 Å². The van der Waals surface area contributed by atoms with Gasteiger partial charge in [-0.15, -0.1) is 0 Å². The highest BCUT2D eigenvalue weighted by Crippen LogP contribution is 2.26. The van der Waals surface area contributed by atoms with Gasteiger partial charge in [-0.1, -0.05) is 6.07 Å². The third kappa shape index (κ3) is 2.65. The van der Waals surface area contributed by atoms with Crippen molar-refractivity contribution >= 4 is 37.5 Å². The minimum absolute atomic E-state index is 0.292. The van der Waals surface area contributed by atoms with E-state index in [4.69, 9.17) is 4.42 Å². The van der Waals surface area contributed by atoms with Crippen LogP contribution in [0.15, 0.2) is 43.9 Å². The highest BCUT2D eigenvalue weighted by atomic mass is 79.9. The summed E-state index contributed by atoms with van der Waals surface area (Å²) >= 11 is 6.49. The average molecular weight is 349 g/mol. The minimum atomic E-state index is -0.292. The Bertz CT molecular complexity index is 478. The Kier molecular flexibility index (Phi) is 3.66. The van der Waals surface area contributed by atoms with Crippen molar-refractivity contribution in [2.75, 3.05) is 5.32 Å². The van der Waals surface area contributed by atoms with E-state index in [-0.39, 0.29) is 5.82 Å². The summed E-state index contributed by atoms with van der Waals surface area (Å²) in [7, 11) is 0. The van der Waals surface area contributed by atoms with Gasteiger partial charge in [0.25, 0.3) is 0 Å². The second-order valence-electron chi connectivity index (χ2n) is 3.16. The molecule has 1 N–H and O–H groups in total. The van der Waals surface area contributed by atoms with Crippen molar-refractivity contribution in [2.24, 2.45) is 0 Å². The molecule has 2 rings (SSSR count). The van der Waals surface area contributed by atoms with E-state index < -0.39 is 0 Å². The number of nitrogens with one attached hydrogen (secondary N) is 1. The van der Waals surface area contributed by atoms with Gasteiger partial charge in [0, 0.05) is 4.47 Å².